The van der Waals surface area contributed by atoms with Gasteiger partial charge in [-0.1, -0.05) is 77.3 Å². The summed E-state index contributed by atoms with van der Waals surface area (Å²) in [5.74, 6) is -1.16. The Balaban J connectivity index is 1.72. The van der Waals surface area contributed by atoms with E-state index >= 15 is 0 Å². The molecule has 0 radical (unpaired) electrons. The second kappa shape index (κ2) is 9.84. The molecule has 11 heteroatoms. The molecule has 0 bridgehead atoms. The third kappa shape index (κ3) is 4.86. The maximum absolute atomic E-state index is 13.8. The first kappa shape index (κ1) is 24.3. The van der Waals surface area contributed by atoms with Crippen LogP contribution in [0, 0.1) is 0 Å². The van der Waals surface area contributed by atoms with Gasteiger partial charge in [-0.05, 0) is 29.8 Å². The Morgan fingerprint density at radius 2 is 1.59 bits per heavy atom. The van der Waals surface area contributed by atoms with Crippen molar-refractivity contribution in [2.75, 3.05) is 9.62 Å². The number of amides is 2. The number of carbonyl (C=O) groups excluding carboxylic acids is 2. The lowest BCUT2D eigenvalue weighted by molar-refractivity contribution is -0.125. The Bertz CT molecular complexity index is 1340. The molecular formula is C23H18Cl3N3O4S. The largest absolute Gasteiger partial charge is 0.352 e. The number of fused-ring (bicyclic) bond motifs is 1. The molecule has 34 heavy (non-hydrogen) atoms. The highest BCUT2D eigenvalue weighted by atomic mass is 35.5. The Kier molecular flexibility index (Phi) is 7.04. The molecule has 0 aliphatic carbocycles. The van der Waals surface area contributed by atoms with Crippen molar-refractivity contribution in [1.82, 2.24) is 5.32 Å². The van der Waals surface area contributed by atoms with Gasteiger partial charge in [-0.3, -0.25) is 13.9 Å². The predicted molar refractivity (Wildman–Crippen MR) is 133 cm³/mol. The lowest BCUT2D eigenvalue weighted by Gasteiger charge is -2.37. The maximum Gasteiger partial charge on any atom is 0.268 e. The summed E-state index contributed by atoms with van der Waals surface area (Å²) >= 11 is 18.4. The molecule has 176 valence electrons. The highest BCUT2D eigenvalue weighted by Gasteiger charge is 2.43. The lowest BCUT2D eigenvalue weighted by atomic mass is 10.1. The van der Waals surface area contributed by atoms with Gasteiger partial charge in [0, 0.05) is 11.6 Å². The van der Waals surface area contributed by atoms with Crippen molar-refractivity contribution in [2.24, 2.45) is 0 Å². The van der Waals surface area contributed by atoms with Crippen LogP contribution in [-0.2, 0) is 26.2 Å². The summed E-state index contributed by atoms with van der Waals surface area (Å²) in [6.45, 7) is 0.228. The molecule has 1 atom stereocenters. The van der Waals surface area contributed by atoms with E-state index in [1.807, 2.05) is 30.3 Å². The van der Waals surface area contributed by atoms with Gasteiger partial charge in [0.15, 0.2) is 0 Å². The molecule has 0 saturated carbocycles. The lowest BCUT2D eigenvalue weighted by Crippen LogP contribution is -2.52. The third-order valence-corrected chi connectivity index (χ3v) is 8.14. The number of nitrogens with zero attached hydrogens (tertiary/aromatic N) is 1. The summed E-state index contributed by atoms with van der Waals surface area (Å²) in [7, 11) is -4.48. The van der Waals surface area contributed by atoms with Gasteiger partial charge in [0.05, 0.1) is 27.8 Å². The highest BCUT2D eigenvalue weighted by molar-refractivity contribution is 7.93. The quantitative estimate of drug-likeness (QED) is 0.468. The van der Waals surface area contributed by atoms with Crippen molar-refractivity contribution in [3.63, 3.8) is 0 Å². The molecule has 2 amide bonds. The zero-order chi connectivity index (χ0) is 24.5. The minimum absolute atomic E-state index is 0.155. The summed E-state index contributed by atoms with van der Waals surface area (Å²) in [5, 5.41) is 5.15. The number of rotatable bonds is 6. The van der Waals surface area contributed by atoms with Gasteiger partial charge < -0.3 is 10.6 Å². The number of halogens is 3. The molecule has 0 saturated heterocycles. The van der Waals surface area contributed by atoms with Crippen LogP contribution in [0.5, 0.6) is 0 Å². The number of sulfonamides is 1. The van der Waals surface area contributed by atoms with Crippen LogP contribution < -0.4 is 14.9 Å². The molecule has 7 nitrogen and oxygen atoms in total. The standard InChI is InChI=1S/C23H18Cl3N3O4S/c24-15-10-16(25)22(17(26)11-15)34(32,33)29-19-9-5-4-8-18(19)28-23(31)20(29)12-21(30)27-13-14-6-2-1-3-7-14/h1-11,20H,12-13H2,(H,27,30)(H,28,31)/t20-/m0/s1. The molecule has 1 aliphatic rings. The van der Waals surface area contributed by atoms with Gasteiger partial charge in [-0.2, -0.15) is 0 Å². The van der Waals surface area contributed by atoms with Crippen LogP contribution in [0.2, 0.25) is 15.1 Å². The molecule has 3 aromatic rings. The fraction of sp³-hybridized carbons (Fsp3) is 0.130. The molecular weight excluding hydrogens is 521 g/mol. The predicted octanol–water partition coefficient (Wildman–Crippen LogP) is 4.87. The van der Waals surface area contributed by atoms with E-state index in [9.17, 15) is 18.0 Å². The van der Waals surface area contributed by atoms with Crippen molar-refractivity contribution in [3.05, 3.63) is 87.4 Å². The Morgan fingerprint density at radius 1 is 0.971 bits per heavy atom. The number of anilines is 2. The molecule has 0 unspecified atom stereocenters. The normalized spacial score (nSPS) is 15.4. The molecule has 0 fully saturated rings. The van der Waals surface area contributed by atoms with E-state index < -0.39 is 39.2 Å². The van der Waals surface area contributed by atoms with Crippen LogP contribution in [0.25, 0.3) is 0 Å². The van der Waals surface area contributed by atoms with E-state index in [0.29, 0.717) is 0 Å². The van der Waals surface area contributed by atoms with Crippen LogP contribution >= 0.6 is 34.8 Å². The van der Waals surface area contributed by atoms with E-state index in [1.54, 1.807) is 18.2 Å². The number of hydrogen-bond acceptors (Lipinski definition) is 4. The SMILES string of the molecule is O=C(C[C@H]1C(=O)Nc2ccccc2N1S(=O)(=O)c1c(Cl)cc(Cl)cc1Cl)NCc1ccccc1. The van der Waals surface area contributed by atoms with Crippen molar-refractivity contribution in [2.45, 2.75) is 23.9 Å². The van der Waals surface area contributed by atoms with Gasteiger partial charge in [0.2, 0.25) is 11.8 Å². The average molecular weight is 539 g/mol. The second-order valence-electron chi connectivity index (χ2n) is 7.49. The Hall–Kier alpha value is -2.78. The minimum Gasteiger partial charge on any atom is -0.352 e. The first-order chi connectivity index (χ1) is 16.2. The maximum atomic E-state index is 13.8. The third-order valence-electron chi connectivity index (χ3n) is 5.18. The van der Waals surface area contributed by atoms with Crippen molar-refractivity contribution in [3.8, 4) is 0 Å². The first-order valence-electron chi connectivity index (χ1n) is 10.1. The zero-order valence-corrected chi connectivity index (χ0v) is 20.5. The monoisotopic (exact) mass is 537 g/mol. The van der Waals surface area contributed by atoms with Crippen molar-refractivity contribution < 1.29 is 18.0 Å². The van der Waals surface area contributed by atoms with Crippen LogP contribution in [0.4, 0.5) is 11.4 Å². The first-order valence-corrected chi connectivity index (χ1v) is 12.7. The van der Waals surface area contributed by atoms with E-state index in [-0.39, 0.29) is 33.0 Å². The second-order valence-corrected chi connectivity index (χ2v) is 10.5. The summed E-state index contributed by atoms with van der Waals surface area (Å²) in [6, 6.07) is 16.7. The van der Waals surface area contributed by atoms with Crippen molar-refractivity contribution in [1.29, 1.82) is 0 Å². The average Bonchev–Trinajstić information content (AvgIpc) is 2.77. The summed E-state index contributed by atoms with van der Waals surface area (Å²) < 4.78 is 28.5. The number of nitrogens with one attached hydrogen (secondary N) is 2. The number of hydrogen-bond donors (Lipinski definition) is 2. The Morgan fingerprint density at radius 3 is 2.26 bits per heavy atom. The summed E-state index contributed by atoms with van der Waals surface area (Å²) in [4.78, 5) is 25.3. The summed E-state index contributed by atoms with van der Waals surface area (Å²) in [5.41, 5.74) is 1.32. The highest BCUT2D eigenvalue weighted by Crippen LogP contribution is 2.41. The number of para-hydroxylation sites is 2. The van der Waals surface area contributed by atoms with Gasteiger partial charge in [-0.15, -0.1) is 0 Å². The van der Waals surface area contributed by atoms with Crippen LogP contribution in [0.3, 0.4) is 0 Å². The van der Waals surface area contributed by atoms with Gasteiger partial charge in [0.25, 0.3) is 10.0 Å². The molecule has 1 heterocycles. The molecule has 4 rings (SSSR count). The fourth-order valence-corrected chi connectivity index (χ4v) is 6.79. The van der Waals surface area contributed by atoms with Gasteiger partial charge >= 0.3 is 0 Å². The van der Waals surface area contributed by atoms with E-state index in [4.69, 9.17) is 34.8 Å². The molecule has 3 aromatic carbocycles. The smallest absolute Gasteiger partial charge is 0.268 e. The van der Waals surface area contributed by atoms with Crippen LogP contribution in [0.1, 0.15) is 12.0 Å². The van der Waals surface area contributed by atoms with Crippen LogP contribution in [0.15, 0.2) is 71.6 Å². The number of benzene rings is 3. The van der Waals surface area contributed by atoms with E-state index in [2.05, 4.69) is 10.6 Å². The molecule has 0 aromatic heterocycles. The van der Waals surface area contributed by atoms with Crippen LogP contribution in [-0.4, -0.2) is 26.3 Å². The van der Waals surface area contributed by atoms with Crippen molar-refractivity contribution >= 4 is 68.0 Å². The fourth-order valence-electron chi connectivity index (χ4n) is 3.65. The molecule has 1 aliphatic heterocycles. The van der Waals surface area contributed by atoms with Gasteiger partial charge in [0.1, 0.15) is 10.9 Å². The van der Waals surface area contributed by atoms with Gasteiger partial charge in [-0.25, -0.2) is 8.42 Å². The topological polar surface area (TPSA) is 95.6 Å². The van der Waals surface area contributed by atoms with E-state index in [0.717, 1.165) is 9.87 Å². The zero-order valence-electron chi connectivity index (χ0n) is 17.5. The molecule has 0 spiro atoms. The minimum atomic E-state index is -4.48. The molecule has 2 N–H and O–H groups in total. The Labute approximate surface area is 211 Å². The van der Waals surface area contributed by atoms with E-state index in [1.165, 1.54) is 18.2 Å². The summed E-state index contributed by atoms with van der Waals surface area (Å²) in [6.07, 6.45) is -0.422. The number of carbonyl (C=O) groups is 2.